The predicted octanol–water partition coefficient (Wildman–Crippen LogP) is 4.16. The van der Waals surface area contributed by atoms with Gasteiger partial charge in [-0.05, 0) is 24.3 Å². The molecule has 0 spiro atoms. The zero-order chi connectivity index (χ0) is 12.3. The van der Waals surface area contributed by atoms with Gasteiger partial charge in [-0.2, -0.15) is 0 Å². The highest BCUT2D eigenvalue weighted by molar-refractivity contribution is 5.54. The standard InChI is InChI=1S/C16H19N/c1-16(2)12-7-10-15(11-13-16)17(3)14-8-5-4-6-9-14/h4-13H,1-3H3. The molecule has 0 saturated carbocycles. The Morgan fingerprint density at radius 2 is 1.71 bits per heavy atom. The second-order valence-electron chi connectivity index (χ2n) is 5.00. The van der Waals surface area contributed by atoms with Gasteiger partial charge in [-0.1, -0.05) is 50.3 Å². The van der Waals surface area contributed by atoms with Crippen molar-refractivity contribution in [1.82, 2.24) is 0 Å². The van der Waals surface area contributed by atoms with E-state index in [-0.39, 0.29) is 5.41 Å². The van der Waals surface area contributed by atoms with Crippen molar-refractivity contribution in [3.8, 4) is 0 Å². The van der Waals surface area contributed by atoms with E-state index in [0.717, 1.165) is 0 Å². The maximum absolute atomic E-state index is 2.24. The Balaban J connectivity index is 2.25. The van der Waals surface area contributed by atoms with Gasteiger partial charge in [-0.25, -0.2) is 0 Å². The summed E-state index contributed by atoms with van der Waals surface area (Å²) in [6.45, 7) is 4.42. The average Bonchev–Trinajstić information content (AvgIpc) is 2.50. The van der Waals surface area contributed by atoms with Crippen LogP contribution < -0.4 is 4.90 Å². The Labute approximate surface area is 104 Å². The van der Waals surface area contributed by atoms with Gasteiger partial charge in [0.25, 0.3) is 0 Å². The van der Waals surface area contributed by atoms with Crippen LogP contribution in [0, 0.1) is 5.41 Å². The third kappa shape index (κ3) is 2.88. The Morgan fingerprint density at radius 1 is 1.00 bits per heavy atom. The topological polar surface area (TPSA) is 3.24 Å². The number of hydrogen-bond acceptors (Lipinski definition) is 1. The molecule has 0 fully saturated rings. The van der Waals surface area contributed by atoms with Gasteiger partial charge >= 0.3 is 0 Å². The van der Waals surface area contributed by atoms with E-state index in [2.05, 4.69) is 80.4 Å². The van der Waals surface area contributed by atoms with Crippen molar-refractivity contribution in [2.75, 3.05) is 11.9 Å². The van der Waals surface area contributed by atoms with Gasteiger partial charge in [0, 0.05) is 23.8 Å². The summed E-state index contributed by atoms with van der Waals surface area (Å²) in [5.74, 6) is 0. The van der Waals surface area contributed by atoms with Crippen molar-refractivity contribution in [3.05, 3.63) is 66.4 Å². The van der Waals surface area contributed by atoms with E-state index in [0.29, 0.717) is 0 Å². The Kier molecular flexibility index (Phi) is 3.19. The van der Waals surface area contributed by atoms with E-state index < -0.39 is 0 Å². The van der Waals surface area contributed by atoms with Crippen LogP contribution in [0.15, 0.2) is 66.4 Å². The Hall–Kier alpha value is -1.76. The van der Waals surface area contributed by atoms with Gasteiger partial charge in [0.05, 0.1) is 0 Å². The van der Waals surface area contributed by atoms with Crippen LogP contribution in [-0.4, -0.2) is 7.05 Å². The molecule has 0 bridgehead atoms. The smallest absolute Gasteiger partial charge is 0.0408 e. The summed E-state index contributed by atoms with van der Waals surface area (Å²) in [6, 6.07) is 10.4. The van der Waals surface area contributed by atoms with Crippen molar-refractivity contribution in [2.24, 2.45) is 5.41 Å². The lowest BCUT2D eigenvalue weighted by Gasteiger charge is -2.20. The summed E-state index contributed by atoms with van der Waals surface area (Å²) < 4.78 is 0. The van der Waals surface area contributed by atoms with Gasteiger partial charge in [-0.3, -0.25) is 0 Å². The van der Waals surface area contributed by atoms with E-state index in [9.17, 15) is 0 Å². The van der Waals surface area contributed by atoms with Crippen molar-refractivity contribution >= 4 is 5.69 Å². The lowest BCUT2D eigenvalue weighted by molar-refractivity contribution is 0.627. The number of anilines is 1. The van der Waals surface area contributed by atoms with Crippen LogP contribution in [0.1, 0.15) is 13.8 Å². The minimum atomic E-state index is 0.135. The molecule has 1 aromatic rings. The van der Waals surface area contributed by atoms with Gasteiger partial charge in [0.2, 0.25) is 0 Å². The summed E-state index contributed by atoms with van der Waals surface area (Å²) in [5, 5.41) is 0. The summed E-state index contributed by atoms with van der Waals surface area (Å²) in [4.78, 5) is 2.20. The van der Waals surface area contributed by atoms with Gasteiger partial charge in [-0.15, -0.1) is 0 Å². The number of likely N-dealkylation sites (N-methyl/N-ethyl adjacent to an activating group) is 1. The van der Waals surface area contributed by atoms with Crippen molar-refractivity contribution < 1.29 is 0 Å². The monoisotopic (exact) mass is 225 g/mol. The van der Waals surface area contributed by atoms with Crippen molar-refractivity contribution in [2.45, 2.75) is 13.8 Å². The van der Waals surface area contributed by atoms with E-state index in [1.54, 1.807) is 0 Å². The molecule has 88 valence electrons. The van der Waals surface area contributed by atoms with Gasteiger partial charge in [0.15, 0.2) is 0 Å². The van der Waals surface area contributed by atoms with E-state index in [1.165, 1.54) is 11.4 Å². The third-order valence-corrected chi connectivity index (χ3v) is 3.01. The number of para-hydroxylation sites is 1. The second kappa shape index (κ2) is 4.62. The molecule has 0 N–H and O–H groups in total. The minimum absolute atomic E-state index is 0.135. The number of hydrogen-bond donors (Lipinski definition) is 0. The highest BCUT2D eigenvalue weighted by atomic mass is 15.1. The van der Waals surface area contributed by atoms with Crippen LogP contribution >= 0.6 is 0 Å². The molecule has 1 nitrogen and oxygen atoms in total. The predicted molar refractivity (Wildman–Crippen MR) is 75.0 cm³/mol. The first-order valence-corrected chi connectivity index (χ1v) is 5.96. The largest absolute Gasteiger partial charge is 0.345 e. The molecule has 0 saturated heterocycles. The molecule has 0 heterocycles. The van der Waals surface area contributed by atoms with Crippen LogP contribution in [0.4, 0.5) is 5.69 Å². The van der Waals surface area contributed by atoms with Crippen LogP contribution in [0.2, 0.25) is 0 Å². The lowest BCUT2D eigenvalue weighted by atomic mass is 9.93. The maximum Gasteiger partial charge on any atom is 0.0408 e. The molecular weight excluding hydrogens is 206 g/mol. The van der Waals surface area contributed by atoms with Gasteiger partial charge < -0.3 is 4.90 Å². The number of rotatable bonds is 2. The zero-order valence-electron chi connectivity index (χ0n) is 10.7. The molecule has 0 aliphatic heterocycles. The molecule has 0 amide bonds. The highest BCUT2D eigenvalue weighted by Crippen LogP contribution is 2.25. The number of allylic oxidation sites excluding steroid dienone is 5. The fraction of sp³-hybridized carbons (Fsp3) is 0.250. The molecule has 0 atom stereocenters. The van der Waals surface area contributed by atoms with Crippen LogP contribution in [-0.2, 0) is 0 Å². The van der Waals surface area contributed by atoms with E-state index in [4.69, 9.17) is 0 Å². The maximum atomic E-state index is 2.24. The Bertz CT molecular complexity index is 464. The Morgan fingerprint density at radius 3 is 2.41 bits per heavy atom. The first-order chi connectivity index (χ1) is 8.08. The minimum Gasteiger partial charge on any atom is -0.345 e. The summed E-state index contributed by atoms with van der Waals surface area (Å²) in [6.07, 6.45) is 10.9. The second-order valence-corrected chi connectivity index (χ2v) is 5.00. The molecule has 0 radical (unpaired) electrons. The summed E-state index contributed by atoms with van der Waals surface area (Å²) in [5.41, 5.74) is 2.55. The molecule has 2 rings (SSSR count). The molecule has 1 aliphatic carbocycles. The average molecular weight is 225 g/mol. The molecule has 1 aliphatic rings. The van der Waals surface area contributed by atoms with Crippen LogP contribution in [0.25, 0.3) is 0 Å². The fourth-order valence-electron chi connectivity index (χ4n) is 1.83. The molecule has 17 heavy (non-hydrogen) atoms. The molecule has 0 aromatic heterocycles. The summed E-state index contributed by atoms with van der Waals surface area (Å²) >= 11 is 0. The molecule has 1 aromatic carbocycles. The highest BCUT2D eigenvalue weighted by Gasteiger charge is 2.12. The number of nitrogens with zero attached hydrogens (tertiary/aromatic N) is 1. The summed E-state index contributed by atoms with van der Waals surface area (Å²) in [7, 11) is 2.09. The third-order valence-electron chi connectivity index (χ3n) is 3.01. The molecular formula is C16H19N. The van der Waals surface area contributed by atoms with Crippen LogP contribution in [0.5, 0.6) is 0 Å². The normalized spacial score (nSPS) is 17.5. The molecule has 0 unspecified atom stereocenters. The zero-order valence-corrected chi connectivity index (χ0v) is 10.7. The van der Waals surface area contributed by atoms with E-state index in [1.807, 2.05) is 6.07 Å². The SMILES string of the molecule is CN(C1=CC=CC(C)(C)C=C1)c1ccccc1. The van der Waals surface area contributed by atoms with Crippen molar-refractivity contribution in [3.63, 3.8) is 0 Å². The fourth-order valence-corrected chi connectivity index (χ4v) is 1.83. The first-order valence-electron chi connectivity index (χ1n) is 5.96. The van der Waals surface area contributed by atoms with Crippen LogP contribution in [0.3, 0.4) is 0 Å². The van der Waals surface area contributed by atoms with E-state index >= 15 is 0 Å². The number of benzene rings is 1. The van der Waals surface area contributed by atoms with Gasteiger partial charge in [0.1, 0.15) is 0 Å². The lowest BCUT2D eigenvalue weighted by Crippen LogP contribution is -2.14. The van der Waals surface area contributed by atoms with Crippen molar-refractivity contribution in [1.29, 1.82) is 0 Å². The quantitative estimate of drug-likeness (QED) is 0.730. The first kappa shape index (κ1) is 11.7. The molecule has 1 heteroatoms.